The van der Waals surface area contributed by atoms with E-state index in [1.54, 1.807) is 6.92 Å². The molecule has 0 aromatic heterocycles. The highest BCUT2D eigenvalue weighted by molar-refractivity contribution is 7.85. The second-order valence-corrected chi connectivity index (χ2v) is 6.34. The van der Waals surface area contributed by atoms with Crippen molar-refractivity contribution in [2.75, 3.05) is 19.0 Å². The standard InChI is InChI=1S/C14H17F3O8S/c1-3-22-9(2)24-12-8-10(4-5-11(12)25-14(15,16)17)13(18)23-6-7-26(19,20)21/h4-5,8-9H,3,6-7H2,1-2H3,(H,19,20,21). The van der Waals surface area contributed by atoms with Crippen molar-refractivity contribution in [3.8, 4) is 11.5 Å². The van der Waals surface area contributed by atoms with E-state index < -0.39 is 52.6 Å². The number of carbonyl (C=O) groups is 1. The van der Waals surface area contributed by atoms with Gasteiger partial charge in [0.15, 0.2) is 17.8 Å². The molecule has 0 amide bonds. The molecule has 0 fully saturated rings. The van der Waals surface area contributed by atoms with E-state index in [0.717, 1.165) is 18.2 Å². The maximum Gasteiger partial charge on any atom is 0.573 e. The van der Waals surface area contributed by atoms with E-state index in [1.807, 2.05) is 0 Å². The lowest BCUT2D eigenvalue weighted by atomic mass is 10.2. The fourth-order valence-corrected chi connectivity index (χ4v) is 2.00. The highest BCUT2D eigenvalue weighted by Crippen LogP contribution is 2.34. The summed E-state index contributed by atoms with van der Waals surface area (Å²) in [7, 11) is -4.32. The number of esters is 1. The normalized spacial score (nSPS) is 13.2. The fourth-order valence-electron chi connectivity index (χ4n) is 1.71. The van der Waals surface area contributed by atoms with Crippen LogP contribution >= 0.6 is 0 Å². The van der Waals surface area contributed by atoms with Crippen LogP contribution in [-0.4, -0.2) is 50.6 Å². The monoisotopic (exact) mass is 402 g/mol. The molecule has 1 N–H and O–H groups in total. The first-order valence-electron chi connectivity index (χ1n) is 7.21. The zero-order valence-electron chi connectivity index (χ0n) is 13.8. The van der Waals surface area contributed by atoms with Crippen molar-refractivity contribution in [2.24, 2.45) is 0 Å². The van der Waals surface area contributed by atoms with Crippen molar-refractivity contribution in [1.29, 1.82) is 0 Å². The second kappa shape index (κ2) is 9.05. The van der Waals surface area contributed by atoms with Gasteiger partial charge in [0.2, 0.25) is 0 Å². The highest BCUT2D eigenvalue weighted by atomic mass is 32.2. The number of carbonyl (C=O) groups excluding carboxylic acids is 1. The molecule has 1 atom stereocenters. The second-order valence-electron chi connectivity index (χ2n) is 4.77. The minimum atomic E-state index is -4.98. The SMILES string of the molecule is CCOC(C)Oc1cc(C(=O)OCCS(=O)(=O)O)ccc1OC(F)(F)F. The number of hydrogen-bond acceptors (Lipinski definition) is 7. The fraction of sp³-hybridized carbons (Fsp3) is 0.500. The summed E-state index contributed by atoms with van der Waals surface area (Å²) in [6, 6.07) is 2.77. The third-order valence-electron chi connectivity index (χ3n) is 2.67. The number of hydrogen-bond donors (Lipinski definition) is 1. The molecule has 1 aromatic rings. The molecule has 0 radical (unpaired) electrons. The molecule has 0 aliphatic carbocycles. The van der Waals surface area contributed by atoms with E-state index in [9.17, 15) is 26.4 Å². The maximum atomic E-state index is 12.5. The Labute approximate surface area is 147 Å². The molecule has 0 aliphatic rings. The van der Waals surface area contributed by atoms with Gasteiger partial charge in [-0.25, -0.2) is 4.79 Å². The Kier molecular flexibility index (Phi) is 7.66. The van der Waals surface area contributed by atoms with Gasteiger partial charge in [-0.15, -0.1) is 13.2 Å². The summed E-state index contributed by atoms with van der Waals surface area (Å²) in [5.74, 6) is -2.97. The van der Waals surface area contributed by atoms with Gasteiger partial charge in [0.05, 0.1) is 5.56 Å². The van der Waals surface area contributed by atoms with E-state index in [2.05, 4.69) is 9.47 Å². The van der Waals surface area contributed by atoms with Crippen molar-refractivity contribution >= 4 is 16.1 Å². The van der Waals surface area contributed by atoms with Crippen LogP contribution in [0.15, 0.2) is 18.2 Å². The Hall–Kier alpha value is -2.05. The Balaban J connectivity index is 2.98. The molecular formula is C14H17F3O8S. The Bertz CT molecular complexity index is 717. The minimum absolute atomic E-state index is 0.214. The van der Waals surface area contributed by atoms with Gasteiger partial charge in [-0.05, 0) is 32.0 Å². The molecule has 148 valence electrons. The molecule has 0 aliphatic heterocycles. The van der Waals surface area contributed by atoms with Gasteiger partial charge >= 0.3 is 12.3 Å². The van der Waals surface area contributed by atoms with Crippen LogP contribution < -0.4 is 9.47 Å². The summed E-state index contributed by atoms with van der Waals surface area (Å²) in [6.45, 7) is 2.67. The summed E-state index contributed by atoms with van der Waals surface area (Å²) in [5.41, 5.74) is -0.214. The molecule has 0 saturated carbocycles. The Morgan fingerprint density at radius 1 is 1.27 bits per heavy atom. The lowest BCUT2D eigenvalue weighted by Crippen LogP contribution is -2.21. The van der Waals surface area contributed by atoms with E-state index >= 15 is 0 Å². The number of ether oxygens (including phenoxy) is 4. The predicted octanol–water partition coefficient (Wildman–Crippen LogP) is 2.39. The molecule has 1 unspecified atom stereocenters. The van der Waals surface area contributed by atoms with Gasteiger partial charge in [-0.1, -0.05) is 0 Å². The predicted molar refractivity (Wildman–Crippen MR) is 81.5 cm³/mol. The van der Waals surface area contributed by atoms with Crippen LogP contribution in [0.1, 0.15) is 24.2 Å². The summed E-state index contributed by atoms with van der Waals surface area (Å²) in [6.07, 6.45) is -5.91. The zero-order chi connectivity index (χ0) is 20.0. The van der Waals surface area contributed by atoms with Gasteiger partial charge in [0, 0.05) is 6.61 Å². The van der Waals surface area contributed by atoms with Gasteiger partial charge in [-0.2, -0.15) is 8.42 Å². The number of rotatable bonds is 9. The van der Waals surface area contributed by atoms with Crippen molar-refractivity contribution < 1.29 is 49.9 Å². The number of halogens is 3. The third kappa shape index (κ3) is 8.36. The first kappa shape index (κ1) is 22.0. The van der Waals surface area contributed by atoms with Crippen LogP contribution in [0.2, 0.25) is 0 Å². The van der Waals surface area contributed by atoms with Gasteiger partial charge < -0.3 is 18.9 Å². The van der Waals surface area contributed by atoms with Crippen LogP contribution in [0.3, 0.4) is 0 Å². The largest absolute Gasteiger partial charge is 0.573 e. The van der Waals surface area contributed by atoms with Gasteiger partial charge in [0.25, 0.3) is 10.1 Å². The molecular weight excluding hydrogens is 385 g/mol. The lowest BCUT2D eigenvalue weighted by molar-refractivity contribution is -0.275. The summed E-state index contributed by atoms with van der Waals surface area (Å²) < 4.78 is 85.8. The number of benzene rings is 1. The molecule has 1 rings (SSSR count). The topological polar surface area (TPSA) is 108 Å². The highest BCUT2D eigenvalue weighted by Gasteiger charge is 2.33. The van der Waals surface area contributed by atoms with Crippen molar-refractivity contribution in [2.45, 2.75) is 26.5 Å². The van der Waals surface area contributed by atoms with E-state index in [0.29, 0.717) is 0 Å². The van der Waals surface area contributed by atoms with Crippen molar-refractivity contribution in [3.05, 3.63) is 23.8 Å². The molecule has 0 bridgehead atoms. The average Bonchev–Trinajstić information content (AvgIpc) is 2.46. The van der Waals surface area contributed by atoms with Crippen LogP contribution in [0, 0.1) is 0 Å². The van der Waals surface area contributed by atoms with Crippen molar-refractivity contribution in [3.63, 3.8) is 0 Å². The molecule has 12 heteroatoms. The molecule has 1 aromatic carbocycles. The third-order valence-corrected chi connectivity index (χ3v) is 3.36. The van der Waals surface area contributed by atoms with Crippen molar-refractivity contribution in [1.82, 2.24) is 0 Å². The van der Waals surface area contributed by atoms with Gasteiger partial charge in [0.1, 0.15) is 12.4 Å². The first-order valence-corrected chi connectivity index (χ1v) is 8.82. The van der Waals surface area contributed by atoms with Crippen LogP contribution in [0.4, 0.5) is 13.2 Å². The smallest absolute Gasteiger partial charge is 0.461 e. The van der Waals surface area contributed by atoms with Crippen LogP contribution in [0.25, 0.3) is 0 Å². The molecule has 0 heterocycles. The maximum absolute atomic E-state index is 12.5. The van der Waals surface area contributed by atoms with Gasteiger partial charge in [-0.3, -0.25) is 4.55 Å². The number of alkyl halides is 3. The minimum Gasteiger partial charge on any atom is -0.461 e. The van der Waals surface area contributed by atoms with Crippen LogP contribution in [0.5, 0.6) is 11.5 Å². The quantitative estimate of drug-likeness (QED) is 0.381. The van der Waals surface area contributed by atoms with E-state index in [-0.39, 0.29) is 12.2 Å². The lowest BCUT2D eigenvalue weighted by Gasteiger charge is -2.18. The first-order chi connectivity index (χ1) is 11.9. The molecule has 8 nitrogen and oxygen atoms in total. The molecule has 0 saturated heterocycles. The van der Waals surface area contributed by atoms with E-state index in [1.165, 1.54) is 6.92 Å². The van der Waals surface area contributed by atoms with Crippen LogP contribution in [-0.2, 0) is 19.6 Å². The Morgan fingerprint density at radius 2 is 1.92 bits per heavy atom. The summed E-state index contributed by atoms with van der Waals surface area (Å²) >= 11 is 0. The average molecular weight is 402 g/mol. The summed E-state index contributed by atoms with van der Waals surface area (Å²) in [4.78, 5) is 11.8. The Morgan fingerprint density at radius 3 is 2.46 bits per heavy atom. The molecule has 0 spiro atoms. The molecule has 26 heavy (non-hydrogen) atoms. The summed E-state index contributed by atoms with van der Waals surface area (Å²) in [5, 5.41) is 0. The van der Waals surface area contributed by atoms with E-state index in [4.69, 9.17) is 14.0 Å². The zero-order valence-corrected chi connectivity index (χ0v) is 14.6.